The van der Waals surface area contributed by atoms with Crippen molar-refractivity contribution in [2.75, 3.05) is 72.0 Å². The third-order valence-corrected chi connectivity index (χ3v) is 16.8. The number of hydrogen-bond acceptors (Lipinski definition) is 14. The van der Waals surface area contributed by atoms with Gasteiger partial charge in [0.05, 0.1) is 17.7 Å². The van der Waals surface area contributed by atoms with E-state index in [4.69, 9.17) is 26.5 Å². The SMILES string of the molecule is CCc1cc(-c2nnc(C(=O)NCCN3CCCCC3)n2-c2ccc(CN3CCN(CC4CCN(C(=O)C[C@@H]5N=C(c6ccc(Cl)cc6)c6c(sc(C)c6C)-n6c(C)nnc65)CC4)CC3)cc2)c(O)cc1O.O=C(O)C(F)(F)F. The minimum absolute atomic E-state index is 0.00786. The molecule has 10 rings (SSSR count). The number of phenols is 2. The predicted octanol–water partition coefficient (Wildman–Crippen LogP) is 8.32. The van der Waals surface area contributed by atoms with Crippen LogP contribution in [0.15, 0.2) is 65.7 Å². The Hall–Kier alpha value is -6.72. The fraction of sp³-hybridized carbons (Fsp3) is 0.464. The summed E-state index contributed by atoms with van der Waals surface area (Å²) < 4.78 is 35.5. The molecule has 4 aliphatic heterocycles. The second kappa shape index (κ2) is 24.7. The molecule has 0 radical (unpaired) electrons. The van der Waals surface area contributed by atoms with Gasteiger partial charge in [0.1, 0.15) is 28.4 Å². The molecule has 0 unspecified atom stereocenters. The number of aryl methyl sites for hydroxylation is 3. The number of amides is 2. The zero-order valence-corrected chi connectivity index (χ0v) is 46.3. The highest BCUT2D eigenvalue weighted by molar-refractivity contribution is 7.15. The molecule has 6 aromatic rings. The van der Waals surface area contributed by atoms with Gasteiger partial charge in [-0.3, -0.25) is 28.6 Å². The van der Waals surface area contributed by atoms with Gasteiger partial charge in [-0.05, 0) is 119 Å². The molecule has 3 fully saturated rings. The largest absolute Gasteiger partial charge is 0.508 e. The van der Waals surface area contributed by atoms with E-state index in [2.05, 4.69) is 71.0 Å². The Bertz CT molecular complexity index is 3180. The topological polar surface area (TPSA) is 211 Å². The number of hydrogen-bond donors (Lipinski definition) is 4. The van der Waals surface area contributed by atoms with E-state index in [9.17, 15) is 33.0 Å². The summed E-state index contributed by atoms with van der Waals surface area (Å²) in [5.41, 5.74) is 6.94. The standard InChI is InChI=1S/C54H65ClN12O4S.C2HF3O2/c1-5-39-29-43(46(69)31-45(39)68)50-59-61-52(53(71)56-19-24-62-20-7-6-8-21-62)67(50)42-15-9-37(10-16-42)32-63-25-27-64(28-26-63)33-38-17-22-65(23-18-38)47(70)30-44-51-60-58-36(4)66(51)54-48(34(2)35(3)72-54)49(57-44)40-11-13-41(55)14-12-40;3-2(4,5)1(6)7/h9-16,29,31,38,44,68-69H,5-8,17-28,30,32-33H2,1-4H3,(H,56,71);(H,6,7)/t44-;/m0./s1. The van der Waals surface area contributed by atoms with Gasteiger partial charge in [0.2, 0.25) is 11.7 Å². The maximum Gasteiger partial charge on any atom is 0.490 e. The Kier molecular flexibility index (Phi) is 17.8. The highest BCUT2D eigenvalue weighted by atomic mass is 35.5. The summed E-state index contributed by atoms with van der Waals surface area (Å²) in [5.74, 6) is -0.672. The summed E-state index contributed by atoms with van der Waals surface area (Å²) in [4.78, 5) is 52.8. The summed E-state index contributed by atoms with van der Waals surface area (Å²) in [6.07, 6.45) is 1.23. The number of thiophene rings is 1. The van der Waals surface area contributed by atoms with Crippen LogP contribution in [0.25, 0.3) is 22.1 Å². The molecule has 3 aromatic carbocycles. The van der Waals surface area contributed by atoms with Crippen molar-refractivity contribution in [1.82, 2.24) is 54.4 Å². The average Bonchev–Trinajstić information content (AvgIpc) is 4.22. The van der Waals surface area contributed by atoms with E-state index in [0.29, 0.717) is 52.4 Å². The van der Waals surface area contributed by atoms with Crippen molar-refractivity contribution in [2.24, 2.45) is 10.9 Å². The summed E-state index contributed by atoms with van der Waals surface area (Å²) in [5, 5.41) is 51.2. The number of benzene rings is 3. The summed E-state index contributed by atoms with van der Waals surface area (Å²) in [6, 6.07) is 18.5. The van der Waals surface area contributed by atoms with Crippen molar-refractivity contribution in [2.45, 2.75) is 91.4 Å². The first-order valence-corrected chi connectivity index (χ1v) is 28.1. The number of aromatic nitrogens is 6. The second-order valence-corrected chi connectivity index (χ2v) is 22.3. The van der Waals surface area contributed by atoms with Gasteiger partial charge < -0.3 is 35.3 Å². The molecular weight excluding hydrogens is 1060 g/mol. The lowest BCUT2D eigenvalue weighted by Crippen LogP contribution is -2.48. The first-order valence-electron chi connectivity index (χ1n) is 26.9. The second-order valence-electron chi connectivity index (χ2n) is 20.7. The fourth-order valence-corrected chi connectivity index (χ4v) is 12.2. The molecule has 3 saturated heterocycles. The molecule has 7 heterocycles. The van der Waals surface area contributed by atoms with Gasteiger partial charge in [-0.25, -0.2) is 4.79 Å². The van der Waals surface area contributed by atoms with E-state index in [1.54, 1.807) is 22.0 Å². The van der Waals surface area contributed by atoms with Gasteiger partial charge in [-0.15, -0.1) is 31.7 Å². The first kappa shape index (κ1) is 57.0. The molecule has 0 spiro atoms. The smallest absolute Gasteiger partial charge is 0.490 e. The Labute approximate surface area is 465 Å². The Morgan fingerprint density at radius 1 is 0.797 bits per heavy atom. The van der Waals surface area contributed by atoms with Crippen LogP contribution in [-0.2, 0) is 22.6 Å². The maximum atomic E-state index is 14.1. The third-order valence-electron chi connectivity index (χ3n) is 15.4. The number of halogens is 4. The van der Waals surface area contributed by atoms with Gasteiger partial charge in [-0.2, -0.15) is 13.2 Å². The average molecular weight is 1130 g/mol. The maximum absolute atomic E-state index is 14.1. The van der Waals surface area contributed by atoms with Crippen LogP contribution in [0.2, 0.25) is 5.02 Å². The number of carbonyl (C=O) groups excluding carboxylic acids is 2. The Morgan fingerprint density at radius 2 is 1.47 bits per heavy atom. The lowest BCUT2D eigenvalue weighted by molar-refractivity contribution is -0.192. The number of aliphatic imine (C=N–C) groups is 1. The number of fused-ring (bicyclic) bond motifs is 3. The van der Waals surface area contributed by atoms with Crippen LogP contribution >= 0.6 is 22.9 Å². The molecule has 4 N–H and O–H groups in total. The van der Waals surface area contributed by atoms with Gasteiger partial charge >= 0.3 is 12.1 Å². The van der Waals surface area contributed by atoms with E-state index in [1.807, 2.05) is 55.1 Å². The fourth-order valence-electron chi connectivity index (χ4n) is 10.8. The number of nitrogens with zero attached hydrogens (tertiary/aromatic N) is 11. The van der Waals surface area contributed by atoms with Crippen LogP contribution in [0.1, 0.15) is 106 Å². The van der Waals surface area contributed by atoms with E-state index in [0.717, 1.165) is 118 Å². The molecule has 23 heteroatoms. The number of aliphatic carboxylic acids is 1. The molecule has 3 aromatic heterocycles. The van der Waals surface area contributed by atoms with Gasteiger partial charge in [0.15, 0.2) is 11.6 Å². The lowest BCUT2D eigenvalue weighted by Gasteiger charge is -2.39. The Morgan fingerprint density at radius 3 is 2.13 bits per heavy atom. The number of rotatable bonds is 14. The normalized spacial score (nSPS) is 17.5. The zero-order valence-electron chi connectivity index (χ0n) is 44.8. The number of carbonyl (C=O) groups is 3. The minimum Gasteiger partial charge on any atom is -0.508 e. The number of phenolic OH excluding ortho intramolecular Hbond substituents is 2. The molecule has 18 nitrogen and oxygen atoms in total. The van der Waals surface area contributed by atoms with Gasteiger partial charge in [0.25, 0.3) is 5.91 Å². The molecule has 79 heavy (non-hydrogen) atoms. The number of aromatic hydroxyl groups is 2. The molecule has 0 saturated carbocycles. The lowest BCUT2D eigenvalue weighted by atomic mass is 9.95. The summed E-state index contributed by atoms with van der Waals surface area (Å²) >= 11 is 8.03. The van der Waals surface area contributed by atoms with Crippen molar-refractivity contribution in [1.29, 1.82) is 0 Å². The molecule has 0 bridgehead atoms. The van der Waals surface area contributed by atoms with Crippen molar-refractivity contribution < 1.29 is 42.9 Å². The number of carboxylic acids is 1. The highest BCUT2D eigenvalue weighted by Crippen LogP contribution is 2.41. The van der Waals surface area contributed by atoms with Crippen molar-refractivity contribution in [3.63, 3.8) is 0 Å². The van der Waals surface area contributed by atoms with Crippen molar-refractivity contribution in [3.8, 4) is 33.6 Å². The van der Waals surface area contributed by atoms with E-state index in [-0.39, 0.29) is 35.6 Å². The Balaban J connectivity index is 0.00000101. The number of nitrogens with one attached hydrogen (secondary N) is 1. The van der Waals surface area contributed by atoms with Crippen LogP contribution in [0, 0.1) is 26.7 Å². The number of carboxylic acid groups (broad SMARTS) is 1. The van der Waals surface area contributed by atoms with Crippen LogP contribution in [0.5, 0.6) is 11.5 Å². The quantitative estimate of drug-likeness (QED) is 0.0810. The molecule has 420 valence electrons. The molecule has 0 aliphatic carbocycles. The van der Waals surface area contributed by atoms with Crippen LogP contribution in [-0.4, -0.2) is 166 Å². The zero-order chi connectivity index (χ0) is 56.1. The molecule has 2 amide bonds. The van der Waals surface area contributed by atoms with Crippen LogP contribution < -0.4 is 5.32 Å². The minimum atomic E-state index is -5.08. The van der Waals surface area contributed by atoms with E-state index in [1.165, 1.54) is 35.8 Å². The number of likely N-dealkylation sites (tertiary alicyclic amines) is 2. The first-order chi connectivity index (χ1) is 37.9. The number of piperazine rings is 1. The number of alkyl halides is 3. The highest BCUT2D eigenvalue weighted by Gasteiger charge is 2.38. The molecule has 1 atom stereocenters. The summed E-state index contributed by atoms with van der Waals surface area (Å²) in [6.45, 7) is 18.6. The van der Waals surface area contributed by atoms with Gasteiger partial charge in [-0.1, -0.05) is 49.2 Å². The van der Waals surface area contributed by atoms with Crippen LogP contribution in [0.3, 0.4) is 0 Å². The predicted molar refractivity (Wildman–Crippen MR) is 295 cm³/mol. The molecule has 4 aliphatic rings. The van der Waals surface area contributed by atoms with E-state index >= 15 is 0 Å². The van der Waals surface area contributed by atoms with E-state index < -0.39 is 18.2 Å². The summed E-state index contributed by atoms with van der Waals surface area (Å²) in [7, 11) is 0. The van der Waals surface area contributed by atoms with Crippen molar-refractivity contribution in [3.05, 3.63) is 116 Å². The van der Waals surface area contributed by atoms with Crippen molar-refractivity contribution >= 4 is 46.4 Å². The van der Waals surface area contributed by atoms with Crippen LogP contribution in [0.4, 0.5) is 13.2 Å². The monoisotopic (exact) mass is 1130 g/mol. The molecular formula is C56H66ClF3N12O6S. The third kappa shape index (κ3) is 13.2. The van der Waals surface area contributed by atoms with Gasteiger partial charge in [0, 0.05) is 98.2 Å². The number of piperidine rings is 2.